The molecule has 284 valence electrons. The molecule has 1 spiro atoms. The monoisotopic (exact) mass is 792 g/mol. The van der Waals surface area contributed by atoms with Crippen LogP contribution in [0.25, 0.3) is 0 Å². The number of fused-ring (bicyclic) bond motifs is 1. The summed E-state index contributed by atoms with van der Waals surface area (Å²) in [6.07, 6.45) is 2.78. The number of esters is 1. The Morgan fingerprint density at radius 3 is 2.38 bits per heavy atom. The van der Waals surface area contributed by atoms with Crippen molar-refractivity contribution >= 4 is 39.6 Å². The minimum atomic E-state index is -1.38. The van der Waals surface area contributed by atoms with E-state index in [1.807, 2.05) is 60.7 Å². The van der Waals surface area contributed by atoms with E-state index < -0.39 is 60.2 Å². The maximum atomic E-state index is 15.0. The quantitative estimate of drug-likeness (QED) is 0.141. The number of carbonyl (C=O) groups excluding carboxylic acids is 4. The molecule has 12 nitrogen and oxygen atoms in total. The molecule has 1 unspecified atom stereocenters. The molecule has 2 aromatic rings. The standard InChI is InChI=1S/C40H49BrN4O8/c1-3-5-16-32(47)42-25-31(28-14-10-7-11-15-28)52-39(50)33-34-37(48)45(30(26-46)27-12-8-6-9-13-27)36(40(34)24-29(41)35(33)53-40)38(49)44(17-4-2)19-18-43-20-22-51-23-21-43/h3-4,6-15,29-31,33-36,46H,1-2,5,16-26H2,(H,42,47)/t29?,30-,31-,33+,34-,35+,36+,40-/m1/s1. The second-order valence-electron chi connectivity index (χ2n) is 14.0. The van der Waals surface area contributed by atoms with Gasteiger partial charge in [-0.05, 0) is 24.0 Å². The van der Waals surface area contributed by atoms with E-state index in [0.29, 0.717) is 50.3 Å². The predicted molar refractivity (Wildman–Crippen MR) is 201 cm³/mol. The number of morpholine rings is 1. The zero-order valence-corrected chi connectivity index (χ0v) is 31.5. The molecule has 2 N–H and O–H groups in total. The average Bonchev–Trinajstić information content (AvgIpc) is 3.78. The number of aliphatic hydroxyl groups excluding tert-OH is 1. The first-order chi connectivity index (χ1) is 25.7. The van der Waals surface area contributed by atoms with Crippen molar-refractivity contribution < 1.29 is 38.5 Å². The number of allylic oxidation sites excluding steroid dienone is 1. The molecule has 4 aliphatic rings. The van der Waals surface area contributed by atoms with Gasteiger partial charge in [0.1, 0.15) is 17.7 Å². The first kappa shape index (κ1) is 38.8. The van der Waals surface area contributed by atoms with E-state index in [2.05, 4.69) is 39.3 Å². The summed E-state index contributed by atoms with van der Waals surface area (Å²) in [5, 5.41) is 13.8. The minimum Gasteiger partial charge on any atom is -0.455 e. The highest BCUT2D eigenvalue weighted by Gasteiger charge is 2.77. The number of benzene rings is 2. The van der Waals surface area contributed by atoms with Crippen LogP contribution in [0.3, 0.4) is 0 Å². The summed E-state index contributed by atoms with van der Waals surface area (Å²) >= 11 is 3.75. The molecule has 8 atom stereocenters. The maximum Gasteiger partial charge on any atom is 0.313 e. The summed E-state index contributed by atoms with van der Waals surface area (Å²) in [6.45, 7) is 11.1. The summed E-state index contributed by atoms with van der Waals surface area (Å²) in [5.41, 5.74) is -0.0453. The van der Waals surface area contributed by atoms with E-state index in [9.17, 15) is 19.5 Å². The number of halogens is 1. The summed E-state index contributed by atoms with van der Waals surface area (Å²) in [7, 11) is 0. The number of hydrogen-bond donors (Lipinski definition) is 2. The third-order valence-electron chi connectivity index (χ3n) is 10.9. The molecule has 0 aliphatic carbocycles. The van der Waals surface area contributed by atoms with Crippen molar-refractivity contribution in [1.82, 2.24) is 20.0 Å². The maximum absolute atomic E-state index is 15.0. The lowest BCUT2D eigenvalue weighted by molar-refractivity contribution is -0.161. The van der Waals surface area contributed by atoms with Gasteiger partial charge in [-0.1, -0.05) is 88.7 Å². The lowest BCUT2D eigenvalue weighted by Crippen LogP contribution is -2.58. The molecule has 0 aromatic heterocycles. The lowest BCUT2D eigenvalue weighted by Gasteiger charge is -2.40. The van der Waals surface area contributed by atoms with Crippen LogP contribution in [-0.4, -0.2) is 125 Å². The molecule has 4 saturated heterocycles. The van der Waals surface area contributed by atoms with Crippen LogP contribution >= 0.6 is 15.9 Å². The Bertz CT molecular complexity index is 1620. The fourth-order valence-corrected chi connectivity index (χ4v) is 9.27. The lowest BCUT2D eigenvalue weighted by atomic mass is 9.70. The Morgan fingerprint density at radius 1 is 1.06 bits per heavy atom. The van der Waals surface area contributed by atoms with E-state index in [-0.39, 0.29) is 36.2 Å². The topological polar surface area (TPSA) is 138 Å². The number of rotatable bonds is 17. The Labute approximate surface area is 319 Å². The Kier molecular flexibility index (Phi) is 12.8. The molecule has 0 saturated carbocycles. The first-order valence-corrected chi connectivity index (χ1v) is 19.3. The molecule has 0 radical (unpaired) electrons. The van der Waals surface area contributed by atoms with Gasteiger partial charge in [0.2, 0.25) is 17.7 Å². The number of hydrogen-bond acceptors (Lipinski definition) is 9. The van der Waals surface area contributed by atoms with Crippen LogP contribution in [0.5, 0.6) is 0 Å². The molecule has 53 heavy (non-hydrogen) atoms. The SMILES string of the molecule is C=CCCC(=O)NC[C@@H](OC(=O)[C@@H]1[C@H]2O[C@@]3(CC2Br)[C@H](C(=O)N(CC=C)CCN2CCOCC2)N([C@H](CO)c2ccccc2)C(=O)[C@@H]13)c1ccccc1. The number of likely N-dealkylation sites (tertiary alicyclic amines) is 1. The van der Waals surface area contributed by atoms with Crippen molar-refractivity contribution in [3.05, 3.63) is 97.1 Å². The van der Waals surface area contributed by atoms with Crippen molar-refractivity contribution in [2.75, 3.05) is 59.1 Å². The third kappa shape index (κ3) is 8.00. The Balaban J connectivity index is 1.34. The summed E-state index contributed by atoms with van der Waals surface area (Å²) in [4.78, 5) is 62.0. The van der Waals surface area contributed by atoms with Crippen LogP contribution in [0.2, 0.25) is 0 Å². The van der Waals surface area contributed by atoms with Gasteiger partial charge < -0.3 is 34.4 Å². The number of nitrogens with one attached hydrogen (secondary N) is 1. The zero-order chi connectivity index (χ0) is 37.5. The molecule has 4 aliphatic heterocycles. The highest BCUT2D eigenvalue weighted by Crippen LogP contribution is 2.61. The smallest absolute Gasteiger partial charge is 0.313 e. The second kappa shape index (κ2) is 17.5. The molecule has 2 aromatic carbocycles. The van der Waals surface area contributed by atoms with Gasteiger partial charge in [-0.25, -0.2) is 0 Å². The van der Waals surface area contributed by atoms with Gasteiger partial charge in [0.25, 0.3) is 0 Å². The highest BCUT2D eigenvalue weighted by molar-refractivity contribution is 9.09. The Hall–Kier alpha value is -3.88. The van der Waals surface area contributed by atoms with Crippen LogP contribution < -0.4 is 5.32 Å². The summed E-state index contributed by atoms with van der Waals surface area (Å²) in [5.74, 6) is -3.75. The number of ether oxygens (including phenoxy) is 3. The van der Waals surface area contributed by atoms with Crippen molar-refractivity contribution in [2.24, 2.45) is 11.8 Å². The Morgan fingerprint density at radius 2 is 1.74 bits per heavy atom. The second-order valence-corrected chi connectivity index (χ2v) is 15.2. The van der Waals surface area contributed by atoms with Crippen LogP contribution in [0, 0.1) is 11.8 Å². The molecule has 6 rings (SSSR count). The van der Waals surface area contributed by atoms with Crippen LogP contribution in [-0.2, 0) is 33.4 Å². The number of amides is 3. The van der Waals surface area contributed by atoms with E-state index in [1.165, 1.54) is 4.90 Å². The summed E-state index contributed by atoms with van der Waals surface area (Å²) < 4.78 is 18.5. The van der Waals surface area contributed by atoms with Gasteiger partial charge in [-0.3, -0.25) is 24.1 Å². The van der Waals surface area contributed by atoms with E-state index in [1.54, 1.807) is 17.1 Å². The normalized spacial score (nSPS) is 27.5. The highest BCUT2D eigenvalue weighted by atomic mass is 79.9. The van der Waals surface area contributed by atoms with Crippen LogP contribution in [0.1, 0.15) is 42.5 Å². The van der Waals surface area contributed by atoms with Gasteiger partial charge in [0.15, 0.2) is 0 Å². The average molecular weight is 794 g/mol. The van der Waals surface area contributed by atoms with Crippen LogP contribution in [0.4, 0.5) is 0 Å². The van der Waals surface area contributed by atoms with Gasteiger partial charge in [-0.15, -0.1) is 13.2 Å². The van der Waals surface area contributed by atoms with Gasteiger partial charge in [0, 0.05) is 44.0 Å². The molecule has 4 fully saturated rings. The molecular formula is C40H49BrN4O8. The number of carbonyl (C=O) groups is 4. The van der Waals surface area contributed by atoms with Crippen LogP contribution in [0.15, 0.2) is 86.0 Å². The van der Waals surface area contributed by atoms with Gasteiger partial charge >= 0.3 is 5.97 Å². The number of nitrogens with zero attached hydrogens (tertiary/aromatic N) is 3. The number of aliphatic hydroxyl groups is 1. The molecule has 4 heterocycles. The van der Waals surface area contributed by atoms with Crippen molar-refractivity contribution in [3.63, 3.8) is 0 Å². The van der Waals surface area contributed by atoms with Crippen molar-refractivity contribution in [2.45, 2.75) is 54.0 Å². The largest absolute Gasteiger partial charge is 0.455 e. The van der Waals surface area contributed by atoms with E-state index >= 15 is 4.79 Å². The van der Waals surface area contributed by atoms with E-state index in [0.717, 1.165) is 13.1 Å². The fraction of sp³-hybridized carbons (Fsp3) is 0.500. The van der Waals surface area contributed by atoms with Gasteiger partial charge in [-0.2, -0.15) is 0 Å². The predicted octanol–water partition coefficient (Wildman–Crippen LogP) is 3.18. The molecule has 3 amide bonds. The molecular weight excluding hydrogens is 744 g/mol. The van der Waals surface area contributed by atoms with Gasteiger partial charge in [0.05, 0.1) is 50.3 Å². The summed E-state index contributed by atoms with van der Waals surface area (Å²) in [6, 6.07) is 16.2. The fourth-order valence-electron chi connectivity index (χ4n) is 8.33. The van der Waals surface area contributed by atoms with Crippen molar-refractivity contribution in [1.29, 1.82) is 0 Å². The minimum absolute atomic E-state index is 0.0267. The number of alkyl halides is 1. The third-order valence-corrected chi connectivity index (χ3v) is 11.7. The van der Waals surface area contributed by atoms with Crippen molar-refractivity contribution in [3.8, 4) is 0 Å². The molecule has 13 heteroatoms. The zero-order valence-electron chi connectivity index (χ0n) is 29.9. The molecule has 2 bridgehead atoms. The first-order valence-electron chi connectivity index (χ1n) is 18.4. The van der Waals surface area contributed by atoms with E-state index in [4.69, 9.17) is 14.2 Å².